The molecular weight excluding hydrogens is 609 g/mol. The zero-order valence-corrected chi connectivity index (χ0v) is 27.0. The first-order valence-corrected chi connectivity index (χ1v) is 17.1. The molecule has 9 aromatic carbocycles. The maximum atomic E-state index is 6.35. The SMILES string of the molecule is c1cc(-c2ccc3oc4cc5oc6ccccc6c5cc4c3c2)cc(-c2c3ccccc3c(-c3cccc4ccccc34)c3ccccc23)c1. The standard InChI is InChI=1S/C48H28O2/c1-2-15-33-29(11-1)12-10-21-35(33)48-38-19-5-3-17-36(38)47(37-18-4-6-20-39(37)48)32-14-9-13-30(25-32)31-23-24-44-40(26-31)42-27-41-34-16-7-8-22-43(34)49-45(41)28-46(42)50-44/h1-28H. The third-order valence-electron chi connectivity index (χ3n) is 10.4. The fourth-order valence-electron chi connectivity index (χ4n) is 8.20. The maximum absolute atomic E-state index is 6.35. The molecule has 50 heavy (non-hydrogen) atoms. The van der Waals surface area contributed by atoms with Gasteiger partial charge in [0.1, 0.15) is 22.3 Å². The summed E-state index contributed by atoms with van der Waals surface area (Å²) in [5.41, 5.74) is 10.8. The summed E-state index contributed by atoms with van der Waals surface area (Å²) in [5.74, 6) is 0. The molecule has 0 bridgehead atoms. The van der Waals surface area contributed by atoms with Gasteiger partial charge in [0.2, 0.25) is 0 Å². The Morgan fingerprint density at radius 2 is 0.780 bits per heavy atom. The molecule has 0 N–H and O–H groups in total. The van der Waals surface area contributed by atoms with Crippen LogP contribution in [0.5, 0.6) is 0 Å². The maximum Gasteiger partial charge on any atom is 0.139 e. The molecular formula is C48H28O2. The minimum atomic E-state index is 0.835. The Balaban J connectivity index is 1.12. The smallest absolute Gasteiger partial charge is 0.139 e. The van der Waals surface area contributed by atoms with Crippen LogP contribution in [-0.4, -0.2) is 0 Å². The van der Waals surface area contributed by atoms with Crippen molar-refractivity contribution in [3.05, 3.63) is 170 Å². The Labute approximate surface area is 287 Å². The lowest BCUT2D eigenvalue weighted by Crippen LogP contribution is -1.92. The first-order chi connectivity index (χ1) is 24.8. The van der Waals surface area contributed by atoms with Crippen molar-refractivity contribution in [3.63, 3.8) is 0 Å². The lowest BCUT2D eigenvalue weighted by atomic mass is 9.84. The van der Waals surface area contributed by atoms with Crippen LogP contribution in [0, 0.1) is 0 Å². The van der Waals surface area contributed by atoms with E-state index in [2.05, 4.69) is 152 Å². The summed E-state index contributed by atoms with van der Waals surface area (Å²) in [6, 6.07) is 61.1. The lowest BCUT2D eigenvalue weighted by molar-refractivity contribution is 0.656. The fraction of sp³-hybridized carbons (Fsp3) is 0. The van der Waals surface area contributed by atoms with Crippen LogP contribution in [-0.2, 0) is 0 Å². The van der Waals surface area contributed by atoms with Crippen molar-refractivity contribution in [2.45, 2.75) is 0 Å². The van der Waals surface area contributed by atoms with Crippen LogP contribution in [0.1, 0.15) is 0 Å². The van der Waals surface area contributed by atoms with Gasteiger partial charge in [0, 0.05) is 27.6 Å². The number of rotatable bonds is 3. The molecule has 11 rings (SSSR count). The summed E-state index contributed by atoms with van der Waals surface area (Å²) in [4.78, 5) is 0. The highest BCUT2D eigenvalue weighted by Crippen LogP contribution is 2.46. The molecule has 2 aromatic heterocycles. The van der Waals surface area contributed by atoms with Gasteiger partial charge in [-0.1, -0.05) is 133 Å². The predicted octanol–water partition coefficient (Wildman–Crippen LogP) is 13.9. The Bertz CT molecular complexity index is 3090. The number of para-hydroxylation sites is 1. The first-order valence-electron chi connectivity index (χ1n) is 17.1. The van der Waals surface area contributed by atoms with Crippen LogP contribution in [0.4, 0.5) is 0 Å². The number of benzene rings is 9. The molecule has 0 fully saturated rings. The van der Waals surface area contributed by atoms with Gasteiger partial charge >= 0.3 is 0 Å². The molecule has 0 aliphatic heterocycles. The Hall–Kier alpha value is -6.64. The summed E-state index contributed by atoms with van der Waals surface area (Å²) < 4.78 is 12.5. The monoisotopic (exact) mass is 636 g/mol. The minimum Gasteiger partial charge on any atom is -0.456 e. The van der Waals surface area contributed by atoms with Crippen LogP contribution in [0.3, 0.4) is 0 Å². The molecule has 0 unspecified atom stereocenters. The van der Waals surface area contributed by atoms with Crippen molar-refractivity contribution in [2.24, 2.45) is 0 Å². The van der Waals surface area contributed by atoms with Gasteiger partial charge in [-0.2, -0.15) is 0 Å². The molecule has 0 saturated carbocycles. The minimum absolute atomic E-state index is 0.835. The average Bonchev–Trinajstić information content (AvgIpc) is 3.72. The van der Waals surface area contributed by atoms with E-state index < -0.39 is 0 Å². The molecule has 232 valence electrons. The molecule has 0 aliphatic rings. The number of furan rings is 2. The highest BCUT2D eigenvalue weighted by molar-refractivity contribution is 6.23. The van der Waals surface area contributed by atoms with Gasteiger partial charge in [0.25, 0.3) is 0 Å². The van der Waals surface area contributed by atoms with E-state index in [0.29, 0.717) is 0 Å². The molecule has 11 aromatic rings. The fourth-order valence-corrected chi connectivity index (χ4v) is 8.20. The Morgan fingerprint density at radius 1 is 0.260 bits per heavy atom. The normalized spacial score (nSPS) is 12.0. The topological polar surface area (TPSA) is 26.3 Å². The highest BCUT2D eigenvalue weighted by atomic mass is 16.3. The van der Waals surface area contributed by atoms with Crippen LogP contribution >= 0.6 is 0 Å². The van der Waals surface area contributed by atoms with E-state index in [1.54, 1.807) is 0 Å². The van der Waals surface area contributed by atoms with Crippen LogP contribution in [0.15, 0.2) is 179 Å². The zero-order valence-electron chi connectivity index (χ0n) is 27.0. The molecule has 0 aliphatic carbocycles. The molecule has 0 atom stereocenters. The van der Waals surface area contributed by atoms with Crippen molar-refractivity contribution < 1.29 is 8.83 Å². The van der Waals surface area contributed by atoms with Crippen molar-refractivity contribution >= 4 is 76.2 Å². The van der Waals surface area contributed by atoms with E-state index in [4.69, 9.17) is 8.83 Å². The van der Waals surface area contributed by atoms with Crippen molar-refractivity contribution in [1.82, 2.24) is 0 Å². The van der Waals surface area contributed by atoms with Gasteiger partial charge in [-0.15, -0.1) is 0 Å². The van der Waals surface area contributed by atoms with E-state index >= 15 is 0 Å². The largest absolute Gasteiger partial charge is 0.456 e. The van der Waals surface area contributed by atoms with Gasteiger partial charge in [-0.05, 0) is 96.0 Å². The van der Waals surface area contributed by atoms with Gasteiger partial charge in [0.15, 0.2) is 0 Å². The Morgan fingerprint density at radius 3 is 1.54 bits per heavy atom. The molecule has 0 radical (unpaired) electrons. The third-order valence-corrected chi connectivity index (χ3v) is 10.4. The predicted molar refractivity (Wildman–Crippen MR) is 210 cm³/mol. The number of hydrogen-bond donors (Lipinski definition) is 0. The third kappa shape index (κ3) is 3.96. The summed E-state index contributed by atoms with van der Waals surface area (Å²) in [6.45, 7) is 0. The number of hydrogen-bond acceptors (Lipinski definition) is 2. The summed E-state index contributed by atoms with van der Waals surface area (Å²) >= 11 is 0. The van der Waals surface area contributed by atoms with Crippen LogP contribution < -0.4 is 0 Å². The number of fused-ring (bicyclic) bond motifs is 9. The molecule has 0 spiro atoms. The molecule has 2 nitrogen and oxygen atoms in total. The molecule has 2 heteroatoms. The first kappa shape index (κ1) is 27.3. The molecule has 2 heterocycles. The van der Waals surface area contributed by atoms with Gasteiger partial charge in [-0.3, -0.25) is 0 Å². The van der Waals surface area contributed by atoms with Crippen molar-refractivity contribution in [3.8, 4) is 33.4 Å². The van der Waals surface area contributed by atoms with E-state index in [0.717, 1.165) is 49.4 Å². The van der Waals surface area contributed by atoms with Crippen molar-refractivity contribution in [1.29, 1.82) is 0 Å². The second kappa shape index (κ2) is 10.4. The summed E-state index contributed by atoms with van der Waals surface area (Å²) in [5, 5.41) is 12.0. The van der Waals surface area contributed by atoms with E-state index in [1.807, 2.05) is 18.2 Å². The van der Waals surface area contributed by atoms with Crippen molar-refractivity contribution in [2.75, 3.05) is 0 Å². The van der Waals surface area contributed by atoms with Crippen LogP contribution in [0.2, 0.25) is 0 Å². The zero-order chi connectivity index (χ0) is 32.8. The second-order valence-corrected chi connectivity index (χ2v) is 13.2. The summed E-state index contributed by atoms with van der Waals surface area (Å²) in [6.07, 6.45) is 0. The van der Waals surface area contributed by atoms with Crippen LogP contribution in [0.25, 0.3) is 110 Å². The van der Waals surface area contributed by atoms with Gasteiger partial charge < -0.3 is 8.83 Å². The quantitative estimate of drug-likeness (QED) is 0.180. The van der Waals surface area contributed by atoms with E-state index in [9.17, 15) is 0 Å². The Kier molecular flexibility index (Phi) is 5.70. The van der Waals surface area contributed by atoms with E-state index in [-0.39, 0.29) is 0 Å². The lowest BCUT2D eigenvalue weighted by Gasteiger charge is -2.19. The highest BCUT2D eigenvalue weighted by Gasteiger charge is 2.19. The molecule has 0 saturated heterocycles. The average molecular weight is 637 g/mol. The second-order valence-electron chi connectivity index (χ2n) is 13.2. The molecule has 0 amide bonds. The summed E-state index contributed by atoms with van der Waals surface area (Å²) in [7, 11) is 0. The van der Waals surface area contributed by atoms with Gasteiger partial charge in [-0.25, -0.2) is 0 Å². The van der Waals surface area contributed by atoms with Gasteiger partial charge in [0.05, 0.1) is 0 Å². The van der Waals surface area contributed by atoms with E-state index in [1.165, 1.54) is 60.1 Å².